The summed E-state index contributed by atoms with van der Waals surface area (Å²) in [6, 6.07) is 3.42. The lowest BCUT2D eigenvalue weighted by Gasteiger charge is -2.13. The van der Waals surface area contributed by atoms with Gasteiger partial charge < -0.3 is 5.32 Å². The molecule has 1 rings (SSSR count). The van der Waals surface area contributed by atoms with Crippen LogP contribution >= 0.6 is 15.9 Å². The Kier molecular flexibility index (Phi) is 5.46. The van der Waals surface area contributed by atoms with E-state index in [0.29, 0.717) is 22.9 Å². The van der Waals surface area contributed by atoms with E-state index < -0.39 is 0 Å². The third-order valence-electron chi connectivity index (χ3n) is 2.15. The Labute approximate surface area is 105 Å². The first-order valence-corrected chi connectivity index (χ1v) is 6.33. The summed E-state index contributed by atoms with van der Waals surface area (Å²) in [6.45, 7) is 4.98. The lowest BCUT2D eigenvalue weighted by molar-refractivity contribution is 0.0953. The van der Waals surface area contributed by atoms with Crippen LogP contribution in [0.2, 0.25) is 0 Å². The number of rotatable bonds is 5. The van der Waals surface area contributed by atoms with E-state index in [1.54, 1.807) is 24.5 Å². The van der Waals surface area contributed by atoms with Crippen molar-refractivity contribution >= 4 is 21.8 Å². The minimum Gasteiger partial charge on any atom is -0.351 e. The summed E-state index contributed by atoms with van der Waals surface area (Å²) >= 11 is 3.55. The van der Waals surface area contributed by atoms with Crippen LogP contribution < -0.4 is 5.32 Å². The van der Waals surface area contributed by atoms with Crippen LogP contribution in [0.4, 0.5) is 0 Å². The van der Waals surface area contributed by atoms with E-state index in [9.17, 15) is 4.79 Å². The molecule has 0 saturated carbocycles. The highest BCUT2D eigenvalue weighted by molar-refractivity contribution is 9.09. The number of hydrogen-bond donors (Lipinski definition) is 1. The molecular formula is C12H17BrN2O. The summed E-state index contributed by atoms with van der Waals surface area (Å²) in [7, 11) is 0. The van der Waals surface area contributed by atoms with Gasteiger partial charge >= 0.3 is 0 Å². The maximum absolute atomic E-state index is 11.7. The van der Waals surface area contributed by atoms with Gasteiger partial charge in [0.1, 0.15) is 0 Å². The molecule has 0 aliphatic carbocycles. The fourth-order valence-corrected chi connectivity index (χ4v) is 2.31. The lowest BCUT2D eigenvalue weighted by Crippen LogP contribution is -2.30. The van der Waals surface area contributed by atoms with Crippen molar-refractivity contribution in [2.75, 3.05) is 6.54 Å². The van der Waals surface area contributed by atoms with Gasteiger partial charge in [0.05, 0.1) is 0 Å². The molecular weight excluding hydrogens is 268 g/mol. The Hall–Kier alpha value is -0.900. The molecule has 0 aliphatic rings. The van der Waals surface area contributed by atoms with Gasteiger partial charge in [-0.25, -0.2) is 0 Å². The number of carbonyl (C=O) groups excluding carboxylic acids is 1. The van der Waals surface area contributed by atoms with Crippen molar-refractivity contribution in [2.24, 2.45) is 5.92 Å². The predicted octanol–water partition coefficient (Wildman–Crippen LogP) is 2.62. The summed E-state index contributed by atoms with van der Waals surface area (Å²) in [5, 5.41) is 2.89. The van der Waals surface area contributed by atoms with Gasteiger partial charge in [-0.15, -0.1) is 0 Å². The topological polar surface area (TPSA) is 42.0 Å². The molecule has 0 spiro atoms. The highest BCUT2D eigenvalue weighted by atomic mass is 79.9. The van der Waals surface area contributed by atoms with Crippen LogP contribution in [0.3, 0.4) is 0 Å². The normalized spacial score (nSPS) is 12.5. The first-order chi connectivity index (χ1) is 7.59. The van der Waals surface area contributed by atoms with Crippen LogP contribution in [0.1, 0.15) is 30.6 Å². The van der Waals surface area contributed by atoms with Gasteiger partial charge in [0.25, 0.3) is 5.91 Å². The van der Waals surface area contributed by atoms with Crippen molar-refractivity contribution < 1.29 is 4.79 Å². The average Bonchev–Trinajstić information content (AvgIpc) is 2.26. The molecule has 0 radical (unpaired) electrons. The van der Waals surface area contributed by atoms with Gasteiger partial charge in [-0.2, -0.15) is 0 Å². The maximum Gasteiger partial charge on any atom is 0.251 e. The minimum absolute atomic E-state index is 0.0457. The standard InChI is InChI=1S/C12H17BrN2O/c1-9(2)7-11(13)8-15-12(16)10-3-5-14-6-4-10/h3-6,9,11H,7-8H2,1-2H3,(H,15,16). The molecule has 1 atom stereocenters. The minimum atomic E-state index is -0.0457. The zero-order valence-corrected chi connectivity index (χ0v) is 11.2. The van der Waals surface area contributed by atoms with Gasteiger partial charge in [0.15, 0.2) is 0 Å². The van der Waals surface area contributed by atoms with E-state index in [2.05, 4.69) is 40.1 Å². The number of nitrogens with zero attached hydrogens (tertiary/aromatic N) is 1. The molecule has 0 fully saturated rings. The summed E-state index contributed by atoms with van der Waals surface area (Å²) in [5.41, 5.74) is 0.652. The summed E-state index contributed by atoms with van der Waals surface area (Å²) < 4.78 is 0. The van der Waals surface area contributed by atoms with Crippen molar-refractivity contribution in [3.05, 3.63) is 30.1 Å². The molecule has 0 aliphatic heterocycles. The van der Waals surface area contributed by atoms with Crippen LogP contribution in [0.15, 0.2) is 24.5 Å². The van der Waals surface area contributed by atoms with Crippen molar-refractivity contribution in [3.63, 3.8) is 0 Å². The molecule has 0 saturated heterocycles. The second-order valence-electron chi connectivity index (χ2n) is 4.17. The molecule has 0 bridgehead atoms. The Bertz CT molecular complexity index is 327. The lowest BCUT2D eigenvalue weighted by atomic mass is 10.1. The fourth-order valence-electron chi connectivity index (χ4n) is 1.40. The highest BCUT2D eigenvalue weighted by Crippen LogP contribution is 2.11. The van der Waals surface area contributed by atoms with Crippen molar-refractivity contribution in [3.8, 4) is 0 Å². The van der Waals surface area contributed by atoms with Crippen LogP contribution in [0.25, 0.3) is 0 Å². The van der Waals surface area contributed by atoms with Crippen LogP contribution in [-0.2, 0) is 0 Å². The predicted molar refractivity (Wildman–Crippen MR) is 68.7 cm³/mol. The molecule has 1 N–H and O–H groups in total. The van der Waals surface area contributed by atoms with Crippen molar-refractivity contribution in [1.29, 1.82) is 0 Å². The van der Waals surface area contributed by atoms with Crippen molar-refractivity contribution in [2.45, 2.75) is 25.1 Å². The van der Waals surface area contributed by atoms with Gasteiger partial charge in [0, 0.05) is 29.3 Å². The zero-order chi connectivity index (χ0) is 12.0. The molecule has 1 amide bonds. The molecule has 1 unspecified atom stereocenters. The van der Waals surface area contributed by atoms with Crippen molar-refractivity contribution in [1.82, 2.24) is 10.3 Å². The Morgan fingerprint density at radius 3 is 2.62 bits per heavy atom. The number of alkyl halides is 1. The van der Waals surface area contributed by atoms with E-state index in [1.165, 1.54) is 0 Å². The number of amides is 1. The summed E-state index contributed by atoms with van der Waals surface area (Å²) in [4.78, 5) is 15.9. The summed E-state index contributed by atoms with van der Waals surface area (Å²) in [6.07, 6.45) is 4.29. The molecule has 1 aromatic heterocycles. The van der Waals surface area contributed by atoms with Crippen LogP contribution in [0, 0.1) is 5.92 Å². The van der Waals surface area contributed by atoms with E-state index in [-0.39, 0.29) is 5.91 Å². The van der Waals surface area contributed by atoms with Crippen LogP contribution in [-0.4, -0.2) is 22.3 Å². The first kappa shape index (κ1) is 13.2. The molecule has 0 aromatic carbocycles. The quantitative estimate of drug-likeness (QED) is 0.845. The molecule has 16 heavy (non-hydrogen) atoms. The smallest absolute Gasteiger partial charge is 0.251 e. The monoisotopic (exact) mass is 284 g/mol. The van der Waals surface area contributed by atoms with Gasteiger partial charge in [0.2, 0.25) is 0 Å². The molecule has 88 valence electrons. The van der Waals surface area contributed by atoms with Gasteiger partial charge in [-0.3, -0.25) is 9.78 Å². The second kappa shape index (κ2) is 6.63. The maximum atomic E-state index is 11.7. The number of pyridine rings is 1. The third kappa shape index (κ3) is 4.75. The fraction of sp³-hybridized carbons (Fsp3) is 0.500. The highest BCUT2D eigenvalue weighted by Gasteiger charge is 2.09. The molecule has 3 nitrogen and oxygen atoms in total. The molecule has 4 heteroatoms. The van der Waals surface area contributed by atoms with Gasteiger partial charge in [-0.1, -0.05) is 29.8 Å². The SMILES string of the molecule is CC(C)CC(Br)CNC(=O)c1ccncc1. The number of nitrogens with one attached hydrogen (secondary N) is 1. The average molecular weight is 285 g/mol. The summed E-state index contributed by atoms with van der Waals surface area (Å²) in [5.74, 6) is 0.581. The Balaban J connectivity index is 2.36. The van der Waals surface area contributed by atoms with Gasteiger partial charge in [-0.05, 0) is 24.5 Å². The Morgan fingerprint density at radius 1 is 1.44 bits per heavy atom. The first-order valence-electron chi connectivity index (χ1n) is 5.42. The molecule has 1 heterocycles. The Morgan fingerprint density at radius 2 is 2.06 bits per heavy atom. The zero-order valence-electron chi connectivity index (χ0n) is 9.61. The van der Waals surface area contributed by atoms with E-state index in [0.717, 1.165) is 6.42 Å². The number of hydrogen-bond acceptors (Lipinski definition) is 2. The van der Waals surface area contributed by atoms with E-state index in [1.807, 2.05) is 0 Å². The van der Waals surface area contributed by atoms with E-state index in [4.69, 9.17) is 0 Å². The molecule has 1 aromatic rings. The third-order valence-corrected chi connectivity index (χ3v) is 2.85. The van der Waals surface area contributed by atoms with E-state index >= 15 is 0 Å². The number of aromatic nitrogens is 1. The van der Waals surface area contributed by atoms with Crippen LogP contribution in [0.5, 0.6) is 0 Å². The number of halogens is 1. The largest absolute Gasteiger partial charge is 0.351 e. The second-order valence-corrected chi connectivity index (χ2v) is 5.47. The number of carbonyl (C=O) groups is 1.